The van der Waals surface area contributed by atoms with Crippen LogP contribution in [0.25, 0.3) is 0 Å². The van der Waals surface area contributed by atoms with E-state index in [1.165, 1.54) is 0 Å². The van der Waals surface area contributed by atoms with Crippen molar-refractivity contribution in [1.82, 2.24) is 20.0 Å². The average molecular weight is 527 g/mol. The summed E-state index contributed by atoms with van der Waals surface area (Å²) < 4.78 is 19.3. The van der Waals surface area contributed by atoms with Gasteiger partial charge in [-0.15, -0.1) is 24.0 Å². The molecule has 2 aromatic rings. The maximum absolute atomic E-state index is 5.96. The van der Waals surface area contributed by atoms with Crippen LogP contribution in [0.15, 0.2) is 35.6 Å². The highest BCUT2D eigenvalue weighted by Crippen LogP contribution is 2.30. The zero-order valence-electron chi connectivity index (χ0n) is 17.5. The van der Waals surface area contributed by atoms with E-state index in [0.29, 0.717) is 26.4 Å². The van der Waals surface area contributed by atoms with Crippen LogP contribution in [-0.2, 0) is 18.3 Å². The second kappa shape index (κ2) is 10.9. The van der Waals surface area contributed by atoms with E-state index in [9.17, 15) is 0 Å². The van der Waals surface area contributed by atoms with Gasteiger partial charge in [-0.05, 0) is 24.6 Å². The number of aryl methyl sites for hydroxylation is 1. The fraction of sp³-hybridized carbons (Fsp3) is 0.524. The minimum Gasteiger partial charge on any atom is -0.490 e. The number of morpholine rings is 1. The molecule has 0 saturated carbocycles. The number of aliphatic imine (C=N–C) groups is 1. The molecular weight excluding hydrogens is 497 g/mol. The molecule has 1 aromatic carbocycles. The predicted molar refractivity (Wildman–Crippen MR) is 126 cm³/mol. The van der Waals surface area contributed by atoms with Crippen LogP contribution in [0.2, 0.25) is 0 Å². The standard InChI is InChI=1S/C21H29N5O3.HI/c1-3-22-21(26-7-10-29-20(15-26)17-13-24-25(2)14-17)23-12-16-5-6-18-19(11-16)28-9-4-8-27-18;/h5-6,11,13-14,20H,3-4,7-10,12,15H2,1-2H3,(H,22,23);1H. The molecule has 4 rings (SSSR count). The molecule has 164 valence electrons. The minimum atomic E-state index is -0.000602. The molecule has 2 aliphatic rings. The van der Waals surface area contributed by atoms with Crippen molar-refractivity contribution in [3.63, 3.8) is 0 Å². The Hall–Kier alpha value is -2.01. The van der Waals surface area contributed by atoms with E-state index < -0.39 is 0 Å². The number of nitrogens with zero attached hydrogens (tertiary/aromatic N) is 4. The van der Waals surface area contributed by atoms with Gasteiger partial charge in [-0.25, -0.2) is 4.99 Å². The molecule has 3 heterocycles. The summed E-state index contributed by atoms with van der Waals surface area (Å²) in [6.07, 6.45) is 4.78. The molecule has 1 N–H and O–H groups in total. The molecular formula is C21H30IN5O3. The fourth-order valence-corrected chi connectivity index (χ4v) is 3.55. The lowest BCUT2D eigenvalue weighted by molar-refractivity contribution is -0.00805. The Morgan fingerprint density at radius 3 is 2.83 bits per heavy atom. The number of halogens is 1. The number of hydrogen-bond donors (Lipinski definition) is 1. The Bertz CT molecular complexity index is 857. The van der Waals surface area contributed by atoms with Gasteiger partial charge in [0.25, 0.3) is 0 Å². The van der Waals surface area contributed by atoms with Crippen LogP contribution < -0.4 is 14.8 Å². The van der Waals surface area contributed by atoms with Crippen LogP contribution in [0.1, 0.15) is 30.6 Å². The van der Waals surface area contributed by atoms with E-state index in [4.69, 9.17) is 19.2 Å². The smallest absolute Gasteiger partial charge is 0.194 e. The molecule has 1 aromatic heterocycles. The number of nitrogens with one attached hydrogen (secondary N) is 1. The zero-order chi connectivity index (χ0) is 20.1. The van der Waals surface area contributed by atoms with Crippen LogP contribution in [0.3, 0.4) is 0 Å². The van der Waals surface area contributed by atoms with Crippen LogP contribution in [-0.4, -0.2) is 60.1 Å². The van der Waals surface area contributed by atoms with Gasteiger partial charge < -0.3 is 24.4 Å². The molecule has 1 saturated heterocycles. The third-order valence-corrected chi connectivity index (χ3v) is 5.02. The lowest BCUT2D eigenvalue weighted by atomic mass is 10.1. The summed E-state index contributed by atoms with van der Waals surface area (Å²) in [5, 5.41) is 7.68. The van der Waals surface area contributed by atoms with E-state index in [2.05, 4.69) is 28.3 Å². The molecule has 9 heteroatoms. The monoisotopic (exact) mass is 527 g/mol. The van der Waals surface area contributed by atoms with E-state index in [1.54, 1.807) is 4.68 Å². The van der Waals surface area contributed by atoms with Gasteiger partial charge in [0, 0.05) is 38.3 Å². The molecule has 0 radical (unpaired) electrons. The maximum atomic E-state index is 5.96. The third kappa shape index (κ3) is 5.57. The van der Waals surface area contributed by atoms with E-state index in [0.717, 1.165) is 54.6 Å². The number of rotatable bonds is 4. The van der Waals surface area contributed by atoms with E-state index >= 15 is 0 Å². The molecule has 1 fully saturated rings. The highest BCUT2D eigenvalue weighted by molar-refractivity contribution is 14.0. The zero-order valence-corrected chi connectivity index (χ0v) is 19.9. The largest absolute Gasteiger partial charge is 0.490 e. The fourth-order valence-electron chi connectivity index (χ4n) is 3.55. The van der Waals surface area contributed by atoms with Gasteiger partial charge in [0.1, 0.15) is 6.10 Å². The first-order valence-electron chi connectivity index (χ1n) is 10.2. The minimum absolute atomic E-state index is 0. The summed E-state index contributed by atoms with van der Waals surface area (Å²) in [5.74, 6) is 2.52. The number of ether oxygens (including phenoxy) is 3. The SMILES string of the molecule is CCNC(=NCc1ccc2c(c1)OCCCO2)N1CCOC(c2cnn(C)c2)C1.I. The molecule has 0 bridgehead atoms. The van der Waals surface area contributed by atoms with E-state index in [-0.39, 0.29) is 30.1 Å². The summed E-state index contributed by atoms with van der Waals surface area (Å²) in [6, 6.07) is 6.06. The number of benzene rings is 1. The van der Waals surface area contributed by atoms with Gasteiger partial charge in [-0.3, -0.25) is 4.68 Å². The molecule has 0 amide bonds. The van der Waals surface area contributed by atoms with Crippen molar-refractivity contribution in [2.75, 3.05) is 39.5 Å². The van der Waals surface area contributed by atoms with Crippen molar-refractivity contribution in [1.29, 1.82) is 0 Å². The third-order valence-electron chi connectivity index (χ3n) is 5.02. The van der Waals surface area contributed by atoms with Gasteiger partial charge in [0.2, 0.25) is 0 Å². The Morgan fingerprint density at radius 2 is 2.07 bits per heavy atom. The maximum Gasteiger partial charge on any atom is 0.194 e. The van der Waals surface area contributed by atoms with Crippen molar-refractivity contribution in [2.45, 2.75) is 26.0 Å². The van der Waals surface area contributed by atoms with Gasteiger partial charge in [-0.2, -0.15) is 5.10 Å². The van der Waals surface area contributed by atoms with Crippen molar-refractivity contribution < 1.29 is 14.2 Å². The van der Waals surface area contributed by atoms with Crippen molar-refractivity contribution >= 4 is 29.9 Å². The number of guanidine groups is 1. The summed E-state index contributed by atoms with van der Waals surface area (Å²) in [4.78, 5) is 7.13. The Labute approximate surface area is 194 Å². The first kappa shape index (κ1) is 22.7. The summed E-state index contributed by atoms with van der Waals surface area (Å²) >= 11 is 0. The highest BCUT2D eigenvalue weighted by atomic mass is 127. The van der Waals surface area contributed by atoms with Crippen LogP contribution in [0, 0.1) is 0 Å². The van der Waals surface area contributed by atoms with Crippen LogP contribution in [0.4, 0.5) is 0 Å². The van der Waals surface area contributed by atoms with Crippen molar-refractivity contribution in [2.24, 2.45) is 12.0 Å². The molecule has 30 heavy (non-hydrogen) atoms. The van der Waals surface area contributed by atoms with Gasteiger partial charge in [-0.1, -0.05) is 6.07 Å². The summed E-state index contributed by atoms with van der Waals surface area (Å²) in [7, 11) is 1.92. The predicted octanol–water partition coefficient (Wildman–Crippen LogP) is 2.74. The van der Waals surface area contributed by atoms with Gasteiger partial charge in [0.15, 0.2) is 17.5 Å². The average Bonchev–Trinajstić information content (AvgIpc) is 3.04. The van der Waals surface area contributed by atoms with Gasteiger partial charge in [0.05, 0.1) is 39.1 Å². The highest BCUT2D eigenvalue weighted by Gasteiger charge is 2.25. The quantitative estimate of drug-likeness (QED) is 0.375. The van der Waals surface area contributed by atoms with Crippen molar-refractivity contribution in [3.05, 3.63) is 41.7 Å². The van der Waals surface area contributed by atoms with E-state index in [1.807, 2.05) is 31.6 Å². The van der Waals surface area contributed by atoms with Crippen molar-refractivity contribution in [3.8, 4) is 11.5 Å². The molecule has 1 atom stereocenters. The first-order valence-corrected chi connectivity index (χ1v) is 10.2. The molecule has 0 aliphatic carbocycles. The lowest BCUT2D eigenvalue weighted by Crippen LogP contribution is -2.48. The van der Waals surface area contributed by atoms with Crippen LogP contribution >= 0.6 is 24.0 Å². The lowest BCUT2D eigenvalue weighted by Gasteiger charge is -2.34. The molecule has 8 nitrogen and oxygen atoms in total. The van der Waals surface area contributed by atoms with Gasteiger partial charge >= 0.3 is 0 Å². The number of fused-ring (bicyclic) bond motifs is 1. The Balaban J connectivity index is 0.00000256. The Kier molecular flexibility index (Phi) is 8.20. The van der Waals surface area contributed by atoms with Crippen LogP contribution in [0.5, 0.6) is 11.5 Å². The molecule has 2 aliphatic heterocycles. The first-order chi connectivity index (χ1) is 14.2. The summed E-state index contributed by atoms with van der Waals surface area (Å²) in [5.41, 5.74) is 2.19. The Morgan fingerprint density at radius 1 is 1.23 bits per heavy atom. The molecule has 1 unspecified atom stereocenters. The normalized spacial score (nSPS) is 19.1. The number of hydrogen-bond acceptors (Lipinski definition) is 5. The number of aromatic nitrogens is 2. The second-order valence-corrected chi connectivity index (χ2v) is 7.25. The topological polar surface area (TPSA) is 73.1 Å². The second-order valence-electron chi connectivity index (χ2n) is 7.25. The molecule has 0 spiro atoms. The summed E-state index contributed by atoms with van der Waals surface area (Å²) in [6.45, 7) is 7.08.